The molecule has 2 rings (SSSR count). The standard InChI is InChI=1S/C9H14N8O/c1-6(4-18)12-7-13-8(16-10)15-9(14-7)17-3-2-11-5-17/h2-3,5-6,18H,4,10H2,1H3,(H2,12,13,14,15,16). The van der Waals surface area contributed by atoms with E-state index in [1.165, 1.54) is 0 Å². The smallest absolute Gasteiger partial charge is 0.243 e. The van der Waals surface area contributed by atoms with E-state index in [4.69, 9.17) is 10.9 Å². The number of nitrogen functional groups attached to an aromatic ring is 1. The molecule has 0 bridgehead atoms. The summed E-state index contributed by atoms with van der Waals surface area (Å²) in [5.41, 5.74) is 2.36. The van der Waals surface area contributed by atoms with Crippen LogP contribution in [0.25, 0.3) is 5.95 Å². The fourth-order valence-corrected chi connectivity index (χ4v) is 1.25. The molecule has 2 aromatic rings. The van der Waals surface area contributed by atoms with Crippen LogP contribution in [0.1, 0.15) is 6.92 Å². The summed E-state index contributed by atoms with van der Waals surface area (Å²) in [6.45, 7) is 1.77. The number of hydrazine groups is 1. The SMILES string of the molecule is CC(CO)Nc1nc(NN)nc(-n2ccnc2)n1. The Morgan fingerprint density at radius 1 is 1.39 bits per heavy atom. The molecule has 96 valence electrons. The number of nitrogens with two attached hydrogens (primary N) is 1. The van der Waals surface area contributed by atoms with Crippen molar-refractivity contribution in [2.75, 3.05) is 17.3 Å². The van der Waals surface area contributed by atoms with Gasteiger partial charge in [-0.05, 0) is 6.92 Å². The minimum absolute atomic E-state index is 0.0303. The molecule has 1 unspecified atom stereocenters. The van der Waals surface area contributed by atoms with E-state index < -0.39 is 0 Å². The quantitative estimate of drug-likeness (QED) is 0.398. The Labute approximate surface area is 103 Å². The lowest BCUT2D eigenvalue weighted by Crippen LogP contribution is -2.23. The van der Waals surface area contributed by atoms with E-state index in [-0.39, 0.29) is 18.6 Å². The van der Waals surface area contributed by atoms with E-state index in [2.05, 4.69) is 30.7 Å². The van der Waals surface area contributed by atoms with Crippen LogP contribution in [0.4, 0.5) is 11.9 Å². The molecule has 0 saturated heterocycles. The lowest BCUT2D eigenvalue weighted by molar-refractivity contribution is 0.281. The highest BCUT2D eigenvalue weighted by Gasteiger charge is 2.09. The Balaban J connectivity index is 2.33. The third-order valence-corrected chi connectivity index (χ3v) is 2.14. The molecule has 2 aromatic heterocycles. The minimum Gasteiger partial charge on any atom is -0.394 e. The summed E-state index contributed by atoms with van der Waals surface area (Å²) in [6, 6.07) is -0.173. The molecule has 0 aromatic carbocycles. The van der Waals surface area contributed by atoms with Gasteiger partial charge >= 0.3 is 0 Å². The Bertz CT molecular complexity index is 499. The van der Waals surface area contributed by atoms with Crippen LogP contribution in [-0.2, 0) is 0 Å². The predicted octanol–water partition coefficient (Wildman–Crippen LogP) is -0.864. The van der Waals surface area contributed by atoms with Crippen LogP contribution in [0.2, 0.25) is 0 Å². The average Bonchev–Trinajstić information content (AvgIpc) is 2.92. The molecule has 0 saturated carbocycles. The molecule has 0 fully saturated rings. The van der Waals surface area contributed by atoms with Crippen molar-refractivity contribution >= 4 is 11.9 Å². The Morgan fingerprint density at radius 2 is 2.17 bits per heavy atom. The second-order valence-electron chi connectivity index (χ2n) is 3.62. The number of aromatic nitrogens is 5. The highest BCUT2D eigenvalue weighted by atomic mass is 16.3. The molecule has 0 radical (unpaired) electrons. The van der Waals surface area contributed by atoms with Crippen LogP contribution in [0.3, 0.4) is 0 Å². The molecule has 0 aliphatic carbocycles. The number of imidazole rings is 1. The Hall–Kier alpha value is -2.26. The first-order valence-electron chi connectivity index (χ1n) is 5.31. The number of aliphatic hydroxyl groups is 1. The van der Waals surface area contributed by atoms with Crippen LogP contribution in [0, 0.1) is 0 Å². The van der Waals surface area contributed by atoms with E-state index in [0.717, 1.165) is 0 Å². The summed E-state index contributed by atoms with van der Waals surface area (Å²) in [6.07, 6.45) is 4.88. The molecular formula is C9H14N8O. The summed E-state index contributed by atoms with van der Waals surface area (Å²) in [4.78, 5) is 16.2. The lowest BCUT2D eigenvalue weighted by atomic mass is 10.4. The van der Waals surface area contributed by atoms with E-state index in [1.54, 1.807) is 30.2 Å². The maximum atomic E-state index is 8.99. The van der Waals surface area contributed by atoms with Gasteiger partial charge in [-0.3, -0.25) is 9.99 Å². The topological polar surface area (TPSA) is 127 Å². The summed E-state index contributed by atoms with van der Waals surface area (Å²) in [7, 11) is 0. The number of aliphatic hydroxyl groups excluding tert-OH is 1. The first kappa shape index (κ1) is 12.2. The Morgan fingerprint density at radius 3 is 2.78 bits per heavy atom. The molecule has 18 heavy (non-hydrogen) atoms. The number of hydrogen-bond acceptors (Lipinski definition) is 8. The average molecular weight is 250 g/mol. The molecule has 9 nitrogen and oxygen atoms in total. The molecule has 0 spiro atoms. The van der Waals surface area contributed by atoms with Crippen LogP contribution < -0.4 is 16.6 Å². The van der Waals surface area contributed by atoms with Gasteiger partial charge in [0.05, 0.1) is 6.61 Å². The summed E-state index contributed by atoms with van der Waals surface area (Å²) < 4.78 is 1.62. The van der Waals surface area contributed by atoms with Gasteiger partial charge in [0.15, 0.2) is 0 Å². The first-order chi connectivity index (χ1) is 8.72. The highest BCUT2D eigenvalue weighted by Crippen LogP contribution is 2.09. The maximum absolute atomic E-state index is 8.99. The van der Waals surface area contributed by atoms with Crippen molar-refractivity contribution in [3.05, 3.63) is 18.7 Å². The number of anilines is 2. The summed E-state index contributed by atoms with van der Waals surface area (Å²) in [5, 5.41) is 11.9. The second-order valence-corrected chi connectivity index (χ2v) is 3.62. The third kappa shape index (κ3) is 2.70. The molecule has 1 atom stereocenters. The van der Waals surface area contributed by atoms with Crippen molar-refractivity contribution in [3.8, 4) is 5.95 Å². The third-order valence-electron chi connectivity index (χ3n) is 2.14. The van der Waals surface area contributed by atoms with Gasteiger partial charge in [0, 0.05) is 18.4 Å². The van der Waals surface area contributed by atoms with E-state index >= 15 is 0 Å². The second kappa shape index (κ2) is 5.38. The van der Waals surface area contributed by atoms with Gasteiger partial charge in [-0.15, -0.1) is 0 Å². The number of rotatable bonds is 5. The fraction of sp³-hybridized carbons (Fsp3) is 0.333. The van der Waals surface area contributed by atoms with Crippen molar-refractivity contribution in [2.24, 2.45) is 5.84 Å². The van der Waals surface area contributed by atoms with Crippen molar-refractivity contribution in [1.29, 1.82) is 0 Å². The van der Waals surface area contributed by atoms with Gasteiger partial charge in [-0.2, -0.15) is 15.0 Å². The summed E-state index contributed by atoms with van der Waals surface area (Å²) in [5.74, 6) is 6.22. The van der Waals surface area contributed by atoms with Gasteiger partial charge in [0.2, 0.25) is 17.8 Å². The molecule has 2 heterocycles. The fourth-order valence-electron chi connectivity index (χ4n) is 1.25. The first-order valence-corrected chi connectivity index (χ1v) is 5.31. The van der Waals surface area contributed by atoms with Crippen molar-refractivity contribution in [1.82, 2.24) is 24.5 Å². The molecule has 0 aliphatic heterocycles. The highest BCUT2D eigenvalue weighted by molar-refractivity contribution is 5.37. The van der Waals surface area contributed by atoms with Crippen LogP contribution in [0.15, 0.2) is 18.7 Å². The molecule has 0 amide bonds. The van der Waals surface area contributed by atoms with E-state index in [0.29, 0.717) is 11.9 Å². The van der Waals surface area contributed by atoms with Crippen LogP contribution in [-0.4, -0.2) is 42.3 Å². The predicted molar refractivity (Wildman–Crippen MR) is 64.9 cm³/mol. The van der Waals surface area contributed by atoms with Crippen molar-refractivity contribution in [3.63, 3.8) is 0 Å². The van der Waals surface area contributed by atoms with Crippen molar-refractivity contribution < 1.29 is 5.11 Å². The molecular weight excluding hydrogens is 236 g/mol. The molecule has 9 heteroatoms. The number of hydrogen-bond donors (Lipinski definition) is 4. The number of nitrogens with one attached hydrogen (secondary N) is 2. The number of nitrogens with zero attached hydrogens (tertiary/aromatic N) is 5. The summed E-state index contributed by atoms with van der Waals surface area (Å²) >= 11 is 0. The lowest BCUT2D eigenvalue weighted by Gasteiger charge is -2.12. The van der Waals surface area contributed by atoms with Crippen LogP contribution >= 0.6 is 0 Å². The van der Waals surface area contributed by atoms with Gasteiger partial charge in [-0.1, -0.05) is 0 Å². The maximum Gasteiger partial charge on any atom is 0.243 e. The van der Waals surface area contributed by atoms with Gasteiger partial charge < -0.3 is 10.4 Å². The zero-order chi connectivity index (χ0) is 13.0. The molecule has 5 N–H and O–H groups in total. The van der Waals surface area contributed by atoms with Gasteiger partial charge in [0.1, 0.15) is 6.33 Å². The Kier molecular flexibility index (Phi) is 3.65. The normalized spacial score (nSPS) is 12.2. The monoisotopic (exact) mass is 250 g/mol. The minimum atomic E-state index is -0.173. The van der Waals surface area contributed by atoms with Gasteiger partial charge in [-0.25, -0.2) is 10.8 Å². The largest absolute Gasteiger partial charge is 0.394 e. The van der Waals surface area contributed by atoms with E-state index in [1.807, 2.05) is 0 Å². The van der Waals surface area contributed by atoms with Crippen molar-refractivity contribution in [2.45, 2.75) is 13.0 Å². The van der Waals surface area contributed by atoms with Crippen LogP contribution in [0.5, 0.6) is 0 Å². The van der Waals surface area contributed by atoms with E-state index in [9.17, 15) is 0 Å². The zero-order valence-corrected chi connectivity index (χ0v) is 9.78. The zero-order valence-electron chi connectivity index (χ0n) is 9.78. The molecule has 0 aliphatic rings. The van der Waals surface area contributed by atoms with Gasteiger partial charge in [0.25, 0.3) is 0 Å².